The van der Waals surface area contributed by atoms with Gasteiger partial charge in [-0.1, -0.05) is 11.3 Å². The molecule has 6 heteroatoms. The number of ketones is 1. The summed E-state index contributed by atoms with van der Waals surface area (Å²) in [6, 6.07) is 0. The summed E-state index contributed by atoms with van der Waals surface area (Å²) < 4.78 is 4.55. The van der Waals surface area contributed by atoms with Crippen molar-refractivity contribution in [2.75, 3.05) is 26.1 Å². The molecule has 0 atom stereocenters. The van der Waals surface area contributed by atoms with Gasteiger partial charge in [0.25, 0.3) is 0 Å². The number of carbonyl (C=O) groups excluding carboxylic acids is 2. The van der Waals surface area contributed by atoms with Crippen LogP contribution in [0.1, 0.15) is 27.1 Å². The Morgan fingerprint density at radius 1 is 1.40 bits per heavy atom. The minimum absolute atomic E-state index is 0.0960. The Hall–Kier alpha value is -1.43. The van der Waals surface area contributed by atoms with E-state index in [1.165, 1.54) is 25.4 Å². The maximum absolute atomic E-state index is 11.3. The van der Waals surface area contributed by atoms with E-state index < -0.39 is 5.97 Å². The van der Waals surface area contributed by atoms with E-state index in [0.717, 1.165) is 0 Å². The van der Waals surface area contributed by atoms with Crippen molar-refractivity contribution in [2.45, 2.75) is 6.92 Å². The van der Waals surface area contributed by atoms with E-state index in [9.17, 15) is 9.59 Å². The molecule has 1 aromatic rings. The predicted molar refractivity (Wildman–Crippen MR) is 57.8 cm³/mol. The first-order valence-corrected chi connectivity index (χ1v) is 5.06. The SMILES string of the molecule is COC(=O)c1nc(N(C)C)sc1C(C)=O. The fourth-order valence-electron chi connectivity index (χ4n) is 0.974. The van der Waals surface area contributed by atoms with Crippen molar-refractivity contribution in [2.24, 2.45) is 0 Å². The minimum Gasteiger partial charge on any atom is -0.464 e. The Kier molecular flexibility index (Phi) is 3.41. The van der Waals surface area contributed by atoms with Gasteiger partial charge in [-0.2, -0.15) is 0 Å². The molecule has 0 saturated heterocycles. The number of aromatic nitrogens is 1. The molecule has 0 aliphatic rings. The molecule has 0 amide bonds. The highest BCUT2D eigenvalue weighted by Gasteiger charge is 2.22. The average molecular weight is 228 g/mol. The van der Waals surface area contributed by atoms with Crippen LogP contribution in [-0.4, -0.2) is 37.9 Å². The zero-order valence-corrected chi connectivity index (χ0v) is 9.84. The molecular formula is C9H12N2O3S. The molecule has 0 N–H and O–H groups in total. The smallest absolute Gasteiger partial charge is 0.358 e. The summed E-state index contributed by atoms with van der Waals surface area (Å²) in [7, 11) is 4.86. The quantitative estimate of drug-likeness (QED) is 0.574. The van der Waals surface area contributed by atoms with E-state index >= 15 is 0 Å². The van der Waals surface area contributed by atoms with Crippen molar-refractivity contribution in [1.29, 1.82) is 0 Å². The zero-order valence-electron chi connectivity index (χ0n) is 9.03. The highest BCUT2D eigenvalue weighted by molar-refractivity contribution is 7.17. The maximum atomic E-state index is 11.3. The van der Waals surface area contributed by atoms with Crippen LogP contribution in [0.15, 0.2) is 0 Å². The second-order valence-electron chi connectivity index (χ2n) is 3.12. The fraction of sp³-hybridized carbons (Fsp3) is 0.444. The van der Waals surface area contributed by atoms with Gasteiger partial charge in [-0.05, 0) is 0 Å². The number of thiazole rings is 1. The van der Waals surface area contributed by atoms with E-state index in [4.69, 9.17) is 0 Å². The van der Waals surface area contributed by atoms with Crippen LogP contribution in [0, 0.1) is 0 Å². The van der Waals surface area contributed by atoms with Crippen LogP contribution in [0.3, 0.4) is 0 Å². The first-order chi connectivity index (χ1) is 6.97. The fourth-order valence-corrected chi connectivity index (χ4v) is 1.85. The van der Waals surface area contributed by atoms with E-state index in [2.05, 4.69) is 9.72 Å². The van der Waals surface area contributed by atoms with Crippen LogP contribution >= 0.6 is 11.3 Å². The van der Waals surface area contributed by atoms with Crippen LogP contribution in [0.2, 0.25) is 0 Å². The molecule has 0 fully saturated rings. The van der Waals surface area contributed by atoms with Gasteiger partial charge in [0.15, 0.2) is 16.6 Å². The minimum atomic E-state index is -0.579. The van der Waals surface area contributed by atoms with Crippen LogP contribution in [0.5, 0.6) is 0 Å². The number of methoxy groups -OCH3 is 1. The van der Waals surface area contributed by atoms with Crippen molar-refractivity contribution < 1.29 is 14.3 Å². The molecule has 0 unspecified atom stereocenters. The number of hydrogen-bond acceptors (Lipinski definition) is 6. The van der Waals surface area contributed by atoms with Crippen molar-refractivity contribution in [1.82, 2.24) is 4.98 Å². The molecule has 0 aliphatic carbocycles. The number of nitrogens with zero attached hydrogens (tertiary/aromatic N) is 2. The standard InChI is InChI=1S/C9H12N2O3S/c1-5(12)7-6(8(13)14-4)10-9(15-7)11(2)3/h1-4H3. The largest absolute Gasteiger partial charge is 0.464 e. The molecule has 15 heavy (non-hydrogen) atoms. The van der Waals surface area contributed by atoms with Gasteiger partial charge in [0.2, 0.25) is 0 Å². The first kappa shape index (κ1) is 11.6. The monoisotopic (exact) mass is 228 g/mol. The summed E-state index contributed by atoms with van der Waals surface area (Å²) in [5, 5.41) is 0.612. The lowest BCUT2D eigenvalue weighted by atomic mass is 10.3. The first-order valence-electron chi connectivity index (χ1n) is 4.24. The molecule has 5 nitrogen and oxygen atoms in total. The van der Waals surface area contributed by atoms with Crippen molar-refractivity contribution >= 4 is 28.2 Å². The van der Waals surface area contributed by atoms with Crippen LogP contribution in [0.25, 0.3) is 0 Å². The number of Topliss-reactive ketones (excluding diaryl/α,β-unsaturated/α-hetero) is 1. The number of anilines is 1. The topological polar surface area (TPSA) is 59.5 Å². The molecule has 1 rings (SSSR count). The molecule has 0 bridgehead atoms. The number of rotatable bonds is 3. The molecule has 0 saturated carbocycles. The Morgan fingerprint density at radius 2 is 2.00 bits per heavy atom. The Morgan fingerprint density at radius 3 is 2.40 bits per heavy atom. The molecule has 1 heterocycles. The molecule has 0 spiro atoms. The van der Waals surface area contributed by atoms with E-state index in [0.29, 0.717) is 10.0 Å². The van der Waals surface area contributed by atoms with Gasteiger partial charge in [0.1, 0.15) is 4.88 Å². The zero-order chi connectivity index (χ0) is 11.6. The van der Waals surface area contributed by atoms with Gasteiger partial charge in [-0.15, -0.1) is 0 Å². The lowest BCUT2D eigenvalue weighted by molar-refractivity contribution is 0.0591. The molecule has 0 aromatic carbocycles. The third kappa shape index (κ3) is 2.33. The third-order valence-electron chi connectivity index (χ3n) is 1.70. The van der Waals surface area contributed by atoms with Gasteiger partial charge in [-0.25, -0.2) is 9.78 Å². The highest BCUT2D eigenvalue weighted by Crippen LogP contribution is 2.25. The van der Waals surface area contributed by atoms with Crippen LogP contribution in [0.4, 0.5) is 5.13 Å². The molecular weight excluding hydrogens is 216 g/mol. The molecule has 82 valence electrons. The normalized spacial score (nSPS) is 9.87. The van der Waals surface area contributed by atoms with Crippen molar-refractivity contribution in [3.63, 3.8) is 0 Å². The predicted octanol–water partition coefficient (Wildman–Crippen LogP) is 1.20. The number of hydrogen-bond donors (Lipinski definition) is 0. The number of carbonyl (C=O) groups is 2. The summed E-state index contributed by atoms with van der Waals surface area (Å²) in [4.78, 5) is 28.7. The third-order valence-corrected chi connectivity index (χ3v) is 3.02. The van der Waals surface area contributed by atoms with Gasteiger partial charge in [0.05, 0.1) is 7.11 Å². The summed E-state index contributed by atoms with van der Waals surface area (Å²) >= 11 is 1.18. The van der Waals surface area contributed by atoms with Crippen molar-refractivity contribution in [3.05, 3.63) is 10.6 Å². The Labute approximate surface area is 91.7 Å². The maximum Gasteiger partial charge on any atom is 0.358 e. The molecule has 0 radical (unpaired) electrons. The Bertz CT molecular complexity index is 398. The Balaban J connectivity index is 3.23. The van der Waals surface area contributed by atoms with E-state index in [-0.39, 0.29) is 11.5 Å². The number of ether oxygens (including phenoxy) is 1. The summed E-state index contributed by atoms with van der Waals surface area (Å²) in [5.41, 5.74) is 0.0960. The van der Waals surface area contributed by atoms with Gasteiger partial charge in [0, 0.05) is 21.0 Å². The van der Waals surface area contributed by atoms with Gasteiger partial charge < -0.3 is 9.64 Å². The number of esters is 1. The lowest BCUT2D eigenvalue weighted by Gasteiger charge is -2.04. The summed E-state index contributed by atoms with van der Waals surface area (Å²) in [6.45, 7) is 1.40. The summed E-state index contributed by atoms with van der Waals surface area (Å²) in [6.07, 6.45) is 0. The molecule has 0 aliphatic heterocycles. The van der Waals surface area contributed by atoms with E-state index in [1.807, 2.05) is 0 Å². The van der Waals surface area contributed by atoms with Crippen LogP contribution < -0.4 is 4.90 Å². The average Bonchev–Trinajstić information content (AvgIpc) is 2.61. The summed E-state index contributed by atoms with van der Waals surface area (Å²) in [5.74, 6) is -0.759. The lowest BCUT2D eigenvalue weighted by Crippen LogP contribution is -2.10. The van der Waals surface area contributed by atoms with Crippen molar-refractivity contribution in [3.8, 4) is 0 Å². The highest BCUT2D eigenvalue weighted by atomic mass is 32.1. The van der Waals surface area contributed by atoms with Gasteiger partial charge >= 0.3 is 5.97 Å². The second-order valence-corrected chi connectivity index (χ2v) is 4.09. The van der Waals surface area contributed by atoms with E-state index in [1.54, 1.807) is 19.0 Å². The molecule has 1 aromatic heterocycles. The van der Waals surface area contributed by atoms with Crippen LogP contribution in [-0.2, 0) is 4.74 Å². The van der Waals surface area contributed by atoms with Gasteiger partial charge in [-0.3, -0.25) is 4.79 Å². The second kappa shape index (κ2) is 4.39.